The average molecular weight is 303 g/mol. The molecule has 0 spiro atoms. The van der Waals surface area contributed by atoms with Gasteiger partial charge in [-0.3, -0.25) is 0 Å². The third kappa shape index (κ3) is 2.42. The van der Waals surface area contributed by atoms with Crippen LogP contribution in [0.4, 0.5) is 0 Å². The van der Waals surface area contributed by atoms with Gasteiger partial charge in [-0.2, -0.15) is 0 Å². The number of benzene rings is 1. The minimum absolute atomic E-state index is 0.442. The van der Waals surface area contributed by atoms with Gasteiger partial charge in [0.05, 0.1) is 5.56 Å². The Bertz CT molecular complexity index is 501. The Balaban J connectivity index is 2.38. The van der Waals surface area contributed by atoms with E-state index in [9.17, 15) is 0 Å². The summed E-state index contributed by atoms with van der Waals surface area (Å²) in [5.41, 5.74) is 6.19. The largest absolute Gasteiger partial charge is 0.421 e. The third-order valence-corrected chi connectivity index (χ3v) is 2.91. The Hall–Kier alpha value is -0.910. The van der Waals surface area contributed by atoms with E-state index in [4.69, 9.17) is 21.8 Å². The zero-order valence-electron chi connectivity index (χ0n) is 8.28. The Morgan fingerprint density at radius 1 is 1.38 bits per heavy atom. The Morgan fingerprint density at radius 2 is 2.19 bits per heavy atom. The van der Waals surface area contributed by atoms with E-state index in [1.54, 1.807) is 12.1 Å². The van der Waals surface area contributed by atoms with E-state index in [2.05, 4.69) is 26.1 Å². The fraction of sp³-hybridized carbons (Fsp3) is 0.200. The van der Waals surface area contributed by atoms with Crippen molar-refractivity contribution >= 4 is 27.5 Å². The Labute approximate surface area is 106 Å². The highest BCUT2D eigenvalue weighted by Crippen LogP contribution is 2.29. The molecule has 0 aliphatic heterocycles. The van der Waals surface area contributed by atoms with Crippen LogP contribution in [0.5, 0.6) is 0 Å². The summed E-state index contributed by atoms with van der Waals surface area (Å²) in [6.45, 7) is 0.484. The molecule has 16 heavy (non-hydrogen) atoms. The molecular formula is C10H9BrClN3O. The van der Waals surface area contributed by atoms with Crippen molar-refractivity contribution in [3.8, 4) is 11.5 Å². The number of nitrogens with two attached hydrogens (primary N) is 1. The van der Waals surface area contributed by atoms with Gasteiger partial charge in [0.25, 0.3) is 0 Å². The molecule has 4 nitrogen and oxygen atoms in total. The predicted molar refractivity (Wildman–Crippen MR) is 65.2 cm³/mol. The lowest BCUT2D eigenvalue weighted by Crippen LogP contribution is -2.02. The summed E-state index contributed by atoms with van der Waals surface area (Å²) in [5.74, 6) is 0.974. The number of aromatic nitrogens is 2. The minimum atomic E-state index is 0.442. The zero-order chi connectivity index (χ0) is 11.5. The molecule has 84 valence electrons. The second-order valence-corrected chi connectivity index (χ2v) is 4.45. The van der Waals surface area contributed by atoms with Crippen molar-refractivity contribution in [2.24, 2.45) is 5.73 Å². The molecule has 2 rings (SSSR count). The number of hydrogen-bond donors (Lipinski definition) is 1. The van der Waals surface area contributed by atoms with Crippen molar-refractivity contribution < 1.29 is 4.42 Å². The lowest BCUT2D eigenvalue weighted by atomic mass is 10.2. The zero-order valence-corrected chi connectivity index (χ0v) is 10.6. The topological polar surface area (TPSA) is 64.9 Å². The van der Waals surface area contributed by atoms with Crippen molar-refractivity contribution in [1.82, 2.24) is 10.2 Å². The SMILES string of the molecule is NCCc1nnc(-c2cc(Cl)ccc2Br)o1. The maximum atomic E-state index is 5.90. The molecule has 0 atom stereocenters. The first-order valence-corrected chi connectivity index (χ1v) is 5.85. The number of nitrogens with zero attached hydrogens (tertiary/aromatic N) is 2. The highest BCUT2D eigenvalue weighted by molar-refractivity contribution is 9.10. The quantitative estimate of drug-likeness (QED) is 0.946. The van der Waals surface area contributed by atoms with E-state index < -0.39 is 0 Å². The molecule has 0 saturated carbocycles. The molecule has 1 heterocycles. The molecule has 0 fully saturated rings. The molecule has 6 heteroatoms. The molecular weight excluding hydrogens is 293 g/mol. The van der Waals surface area contributed by atoms with E-state index >= 15 is 0 Å². The highest BCUT2D eigenvalue weighted by Gasteiger charge is 2.11. The molecule has 2 N–H and O–H groups in total. The van der Waals surface area contributed by atoms with E-state index in [1.165, 1.54) is 0 Å². The summed E-state index contributed by atoms with van der Waals surface area (Å²) >= 11 is 9.31. The molecule has 0 aliphatic rings. The normalized spacial score (nSPS) is 10.7. The van der Waals surface area contributed by atoms with E-state index in [1.807, 2.05) is 6.07 Å². The van der Waals surface area contributed by atoms with Crippen LogP contribution in [0.25, 0.3) is 11.5 Å². The van der Waals surface area contributed by atoms with Gasteiger partial charge in [0, 0.05) is 22.5 Å². The smallest absolute Gasteiger partial charge is 0.248 e. The molecule has 0 unspecified atom stereocenters. The molecule has 2 aromatic rings. The number of rotatable bonds is 3. The van der Waals surface area contributed by atoms with E-state index in [0.29, 0.717) is 29.8 Å². The van der Waals surface area contributed by atoms with Gasteiger partial charge < -0.3 is 10.2 Å². The molecule has 0 saturated heterocycles. The maximum absolute atomic E-state index is 5.90. The van der Waals surface area contributed by atoms with Crippen LogP contribution >= 0.6 is 27.5 Å². The maximum Gasteiger partial charge on any atom is 0.248 e. The van der Waals surface area contributed by atoms with Crippen LogP contribution in [-0.2, 0) is 6.42 Å². The summed E-state index contributed by atoms with van der Waals surface area (Å²) in [4.78, 5) is 0. The second kappa shape index (κ2) is 4.95. The standard InChI is InChI=1S/C10H9BrClN3O/c11-8-2-1-6(12)5-7(8)10-15-14-9(16-10)3-4-13/h1-2,5H,3-4,13H2. The fourth-order valence-electron chi connectivity index (χ4n) is 1.25. The van der Waals surface area contributed by atoms with Gasteiger partial charge in [-0.15, -0.1) is 10.2 Å². The monoisotopic (exact) mass is 301 g/mol. The van der Waals surface area contributed by atoms with E-state index in [-0.39, 0.29) is 0 Å². The van der Waals surface area contributed by atoms with Gasteiger partial charge in [-0.1, -0.05) is 11.6 Å². The molecule has 1 aromatic carbocycles. The molecule has 0 amide bonds. The van der Waals surface area contributed by atoms with Crippen LogP contribution in [0.3, 0.4) is 0 Å². The summed E-state index contributed by atoms with van der Waals surface area (Å²) in [7, 11) is 0. The first-order valence-electron chi connectivity index (χ1n) is 4.68. The predicted octanol–water partition coefficient (Wildman–Crippen LogP) is 2.65. The van der Waals surface area contributed by atoms with Crippen molar-refractivity contribution in [3.63, 3.8) is 0 Å². The summed E-state index contributed by atoms with van der Waals surface area (Å²) < 4.78 is 6.32. The summed E-state index contributed by atoms with van der Waals surface area (Å²) in [6.07, 6.45) is 0.575. The summed E-state index contributed by atoms with van der Waals surface area (Å²) in [5, 5.41) is 8.46. The average Bonchev–Trinajstić information content (AvgIpc) is 2.71. The van der Waals surface area contributed by atoms with Gasteiger partial charge in [0.2, 0.25) is 11.8 Å². The molecule has 0 aliphatic carbocycles. The van der Waals surface area contributed by atoms with Crippen LogP contribution in [0.2, 0.25) is 5.02 Å². The van der Waals surface area contributed by atoms with Gasteiger partial charge in [-0.05, 0) is 34.1 Å². The van der Waals surface area contributed by atoms with Crippen LogP contribution < -0.4 is 5.73 Å². The second-order valence-electron chi connectivity index (χ2n) is 3.16. The Kier molecular flexibility index (Phi) is 3.58. The highest BCUT2D eigenvalue weighted by atomic mass is 79.9. The van der Waals surface area contributed by atoms with Crippen LogP contribution in [0.15, 0.2) is 27.1 Å². The van der Waals surface area contributed by atoms with Crippen molar-refractivity contribution in [3.05, 3.63) is 33.6 Å². The van der Waals surface area contributed by atoms with Gasteiger partial charge in [0.15, 0.2) is 0 Å². The van der Waals surface area contributed by atoms with Crippen molar-refractivity contribution in [2.45, 2.75) is 6.42 Å². The lowest BCUT2D eigenvalue weighted by molar-refractivity contribution is 0.507. The van der Waals surface area contributed by atoms with Gasteiger partial charge in [-0.25, -0.2) is 0 Å². The molecule has 0 radical (unpaired) electrons. The van der Waals surface area contributed by atoms with E-state index in [0.717, 1.165) is 10.0 Å². The van der Waals surface area contributed by atoms with Crippen LogP contribution in [0.1, 0.15) is 5.89 Å². The number of hydrogen-bond acceptors (Lipinski definition) is 4. The lowest BCUT2D eigenvalue weighted by Gasteiger charge is -1.99. The van der Waals surface area contributed by atoms with Crippen LogP contribution in [0, 0.1) is 0 Å². The van der Waals surface area contributed by atoms with Crippen molar-refractivity contribution in [1.29, 1.82) is 0 Å². The fourth-order valence-corrected chi connectivity index (χ4v) is 1.84. The van der Waals surface area contributed by atoms with Crippen molar-refractivity contribution in [2.75, 3.05) is 6.54 Å². The minimum Gasteiger partial charge on any atom is -0.421 e. The van der Waals surface area contributed by atoms with Gasteiger partial charge >= 0.3 is 0 Å². The van der Waals surface area contributed by atoms with Crippen LogP contribution in [-0.4, -0.2) is 16.7 Å². The molecule has 0 bridgehead atoms. The van der Waals surface area contributed by atoms with Gasteiger partial charge in [0.1, 0.15) is 0 Å². The number of halogens is 2. The summed E-state index contributed by atoms with van der Waals surface area (Å²) in [6, 6.07) is 5.39. The third-order valence-electron chi connectivity index (χ3n) is 1.98. The Morgan fingerprint density at radius 3 is 2.94 bits per heavy atom. The first-order chi connectivity index (χ1) is 7.70. The first kappa shape index (κ1) is 11.6. The molecule has 1 aromatic heterocycles.